The summed E-state index contributed by atoms with van der Waals surface area (Å²) < 4.78 is 24.5. The van der Waals surface area contributed by atoms with E-state index in [1.54, 1.807) is 36.4 Å². The second-order valence-corrected chi connectivity index (χ2v) is 9.43. The van der Waals surface area contributed by atoms with Crippen molar-refractivity contribution in [2.45, 2.75) is 43.2 Å². The van der Waals surface area contributed by atoms with Gasteiger partial charge in [-0.1, -0.05) is 24.3 Å². The number of hydrogen-bond donors (Lipinski definition) is 5. The van der Waals surface area contributed by atoms with Crippen molar-refractivity contribution >= 4 is 11.3 Å². The van der Waals surface area contributed by atoms with Gasteiger partial charge >= 0.3 is 0 Å². The van der Waals surface area contributed by atoms with Crippen molar-refractivity contribution < 1.29 is 39.4 Å². The van der Waals surface area contributed by atoms with Crippen molar-refractivity contribution in [3.05, 3.63) is 82.0 Å². The van der Waals surface area contributed by atoms with E-state index in [0.717, 1.165) is 16.0 Å². The fourth-order valence-corrected chi connectivity index (χ4v) is 5.26. The third-order valence-corrected chi connectivity index (χ3v) is 7.44. The van der Waals surface area contributed by atoms with Gasteiger partial charge in [0, 0.05) is 22.4 Å². The lowest BCUT2D eigenvalue weighted by Crippen LogP contribution is -2.64. The Hall–Kier alpha value is -2.21. The smallest absolute Gasteiger partial charge is 0.224 e. The minimum absolute atomic E-state index is 0.307. The molecule has 0 radical (unpaired) electrons. The molecule has 1 fully saturated rings. The second-order valence-electron chi connectivity index (χ2n) is 8.32. The second kappa shape index (κ2) is 9.80. The molecular formula is C25H27FO7S. The Bertz CT molecular complexity index is 1130. The van der Waals surface area contributed by atoms with Crippen LogP contribution in [0.1, 0.15) is 27.7 Å². The molecule has 0 saturated carbocycles. The molecule has 9 heteroatoms. The molecule has 182 valence electrons. The van der Waals surface area contributed by atoms with Crippen LogP contribution < -0.4 is 0 Å². The summed E-state index contributed by atoms with van der Waals surface area (Å²) in [7, 11) is 1.28. The van der Waals surface area contributed by atoms with Gasteiger partial charge in [0.1, 0.15) is 36.3 Å². The molecule has 1 aromatic heterocycles. The van der Waals surface area contributed by atoms with Crippen LogP contribution in [0.5, 0.6) is 0 Å². The van der Waals surface area contributed by atoms with E-state index in [-0.39, 0.29) is 5.82 Å². The summed E-state index contributed by atoms with van der Waals surface area (Å²) in [4.78, 5) is 1.52. The molecule has 0 aliphatic carbocycles. The average molecular weight is 491 g/mol. The number of hydrogen-bond acceptors (Lipinski definition) is 8. The maximum absolute atomic E-state index is 13.3. The number of aliphatic hydroxyl groups is 5. The first kappa shape index (κ1) is 24.9. The summed E-state index contributed by atoms with van der Waals surface area (Å²) in [5.41, 5.74) is 2.43. The molecule has 5 N–H and O–H groups in total. The third kappa shape index (κ3) is 4.30. The van der Waals surface area contributed by atoms with Crippen LogP contribution in [0, 0.1) is 12.7 Å². The molecule has 1 aliphatic heterocycles. The molecule has 1 aliphatic rings. The highest BCUT2D eigenvalue weighted by molar-refractivity contribution is 7.15. The summed E-state index contributed by atoms with van der Waals surface area (Å²) in [6, 6.07) is 14.7. The van der Waals surface area contributed by atoms with E-state index in [2.05, 4.69) is 0 Å². The lowest BCUT2D eigenvalue weighted by atomic mass is 9.86. The first-order valence-corrected chi connectivity index (χ1v) is 11.6. The lowest BCUT2D eigenvalue weighted by molar-refractivity contribution is -0.366. The van der Waals surface area contributed by atoms with E-state index in [1.807, 2.05) is 13.0 Å². The van der Waals surface area contributed by atoms with Gasteiger partial charge in [-0.2, -0.15) is 0 Å². The third-order valence-electron chi connectivity index (χ3n) is 6.25. The van der Waals surface area contributed by atoms with E-state index in [4.69, 9.17) is 9.47 Å². The van der Waals surface area contributed by atoms with Crippen molar-refractivity contribution in [2.24, 2.45) is 0 Å². The van der Waals surface area contributed by atoms with Crippen molar-refractivity contribution in [2.75, 3.05) is 13.7 Å². The van der Waals surface area contributed by atoms with Crippen LogP contribution in [0.15, 0.2) is 54.6 Å². The van der Waals surface area contributed by atoms with Crippen molar-refractivity contribution in [3.63, 3.8) is 0 Å². The monoisotopic (exact) mass is 490 g/mol. The molecule has 34 heavy (non-hydrogen) atoms. The number of benzene rings is 2. The summed E-state index contributed by atoms with van der Waals surface area (Å²) in [6.07, 6.45) is -7.00. The van der Waals surface area contributed by atoms with Gasteiger partial charge in [-0.3, -0.25) is 0 Å². The summed E-state index contributed by atoms with van der Waals surface area (Å²) in [5, 5.41) is 52.0. The Morgan fingerprint density at radius 1 is 1.06 bits per heavy atom. The van der Waals surface area contributed by atoms with E-state index in [9.17, 15) is 29.9 Å². The van der Waals surface area contributed by atoms with Crippen LogP contribution in [0.2, 0.25) is 0 Å². The van der Waals surface area contributed by atoms with Gasteiger partial charge < -0.3 is 35.0 Å². The van der Waals surface area contributed by atoms with Crippen molar-refractivity contribution in [1.29, 1.82) is 0 Å². The SMILES string of the molecule is CO[C@@]1(c2ccc(C)c(C(O)c3ccc(-c4ccc(F)cc4)s3)c2)O[C@H](CO)[C@@H](O)[C@H](O)[C@H]1O. The van der Waals surface area contributed by atoms with E-state index in [1.165, 1.54) is 30.6 Å². The van der Waals surface area contributed by atoms with Gasteiger partial charge in [0.05, 0.1) is 6.61 Å². The van der Waals surface area contributed by atoms with Crippen molar-refractivity contribution in [1.82, 2.24) is 0 Å². The van der Waals surface area contributed by atoms with Crippen LogP contribution in [-0.2, 0) is 15.3 Å². The fraction of sp³-hybridized carbons (Fsp3) is 0.360. The van der Waals surface area contributed by atoms with Crippen LogP contribution in [0.25, 0.3) is 10.4 Å². The summed E-state index contributed by atoms with van der Waals surface area (Å²) >= 11 is 1.36. The average Bonchev–Trinajstić information content (AvgIpc) is 3.34. The quantitative estimate of drug-likeness (QED) is 0.359. The normalized spacial score (nSPS) is 28.1. The minimum Gasteiger partial charge on any atom is -0.394 e. The molecule has 0 amide bonds. The number of ether oxygens (including phenoxy) is 2. The molecule has 2 heterocycles. The van der Waals surface area contributed by atoms with Crippen LogP contribution in [0.4, 0.5) is 4.39 Å². The van der Waals surface area contributed by atoms with Gasteiger partial charge in [-0.25, -0.2) is 4.39 Å². The highest BCUT2D eigenvalue weighted by Crippen LogP contribution is 2.42. The van der Waals surface area contributed by atoms with Crippen LogP contribution in [-0.4, -0.2) is 63.7 Å². The first-order chi connectivity index (χ1) is 16.2. The lowest BCUT2D eigenvalue weighted by Gasteiger charge is -2.47. The maximum Gasteiger partial charge on any atom is 0.224 e. The van der Waals surface area contributed by atoms with Gasteiger partial charge in [0.15, 0.2) is 0 Å². The highest BCUT2D eigenvalue weighted by atomic mass is 32.1. The molecule has 1 unspecified atom stereocenters. The largest absolute Gasteiger partial charge is 0.394 e. The maximum atomic E-state index is 13.3. The minimum atomic E-state index is -1.87. The predicted octanol–water partition coefficient (Wildman–Crippen LogP) is 2.22. The molecular weight excluding hydrogens is 463 g/mol. The van der Waals surface area contributed by atoms with Gasteiger partial charge in [-0.15, -0.1) is 11.3 Å². The number of rotatable bonds is 6. The van der Waals surface area contributed by atoms with Gasteiger partial charge in [-0.05, 0) is 53.9 Å². The fourth-order valence-electron chi connectivity index (χ4n) is 4.24. The first-order valence-electron chi connectivity index (χ1n) is 10.7. The molecule has 1 saturated heterocycles. The zero-order valence-corrected chi connectivity index (χ0v) is 19.4. The van der Waals surface area contributed by atoms with E-state index < -0.39 is 42.9 Å². The summed E-state index contributed by atoms with van der Waals surface area (Å²) in [5.74, 6) is -2.20. The van der Waals surface area contributed by atoms with Crippen LogP contribution >= 0.6 is 11.3 Å². The topological polar surface area (TPSA) is 120 Å². The van der Waals surface area contributed by atoms with Crippen molar-refractivity contribution in [3.8, 4) is 10.4 Å². The molecule has 0 bridgehead atoms. The molecule has 2 aromatic carbocycles. The Kier molecular flexibility index (Phi) is 7.18. The Morgan fingerprint density at radius 3 is 2.41 bits per heavy atom. The Balaban J connectivity index is 1.70. The summed E-state index contributed by atoms with van der Waals surface area (Å²) in [6.45, 7) is 1.22. The number of methoxy groups -OCH3 is 1. The number of aryl methyl sites for hydroxylation is 1. The Labute approximate surface area is 200 Å². The predicted molar refractivity (Wildman–Crippen MR) is 124 cm³/mol. The highest BCUT2D eigenvalue weighted by Gasteiger charge is 2.55. The zero-order chi connectivity index (χ0) is 24.6. The number of halogens is 1. The molecule has 3 aromatic rings. The zero-order valence-electron chi connectivity index (χ0n) is 18.6. The number of thiophene rings is 1. The molecule has 6 atom stereocenters. The molecule has 4 rings (SSSR count). The standard InChI is InChI=1S/C25H27FO7S/c1-13-3-6-15(25(32-2)24(31)23(30)22(29)18(12-27)33-25)11-17(13)21(28)20-10-9-19(34-20)14-4-7-16(26)8-5-14/h3-11,18,21-24,27-31H,12H2,1-2H3/t18-,21?,22-,23+,24-,25+/m1/s1. The molecule has 7 nitrogen and oxygen atoms in total. The van der Waals surface area contributed by atoms with Gasteiger partial charge in [0.2, 0.25) is 5.79 Å². The molecule has 0 spiro atoms. The van der Waals surface area contributed by atoms with E-state index >= 15 is 0 Å². The van der Waals surface area contributed by atoms with Crippen LogP contribution in [0.3, 0.4) is 0 Å². The number of aliphatic hydroxyl groups excluding tert-OH is 5. The Morgan fingerprint density at radius 2 is 1.76 bits per heavy atom. The van der Waals surface area contributed by atoms with E-state index in [0.29, 0.717) is 16.0 Å². The van der Waals surface area contributed by atoms with Gasteiger partial charge in [0.25, 0.3) is 0 Å².